The van der Waals surface area contributed by atoms with E-state index in [1.807, 2.05) is 31.2 Å². The second-order valence-corrected chi connectivity index (χ2v) is 10.4. The lowest BCUT2D eigenvalue weighted by Crippen LogP contribution is -2.41. The summed E-state index contributed by atoms with van der Waals surface area (Å²) in [6, 6.07) is 11.7. The van der Waals surface area contributed by atoms with Crippen LogP contribution in [0.3, 0.4) is 0 Å². The van der Waals surface area contributed by atoms with Crippen molar-refractivity contribution in [3.05, 3.63) is 84.5 Å². The van der Waals surface area contributed by atoms with Crippen molar-refractivity contribution < 1.29 is 23.8 Å². The number of aromatic nitrogens is 1. The number of nitrogens with zero attached hydrogens (tertiary/aromatic N) is 3. The molecule has 0 spiro atoms. The van der Waals surface area contributed by atoms with E-state index < -0.39 is 17.6 Å². The molecule has 0 saturated carbocycles. The van der Waals surface area contributed by atoms with Crippen molar-refractivity contribution in [2.45, 2.75) is 39.8 Å². The number of fused-ring (bicyclic) bond motifs is 2. The molecule has 0 radical (unpaired) electrons. The third kappa shape index (κ3) is 4.24. The fraction of sp³-hybridized carbons (Fsp3) is 0.310. The number of carbonyl (C=O) groups is 2. The number of benzene rings is 2. The molecule has 0 saturated heterocycles. The number of rotatable bonds is 6. The van der Waals surface area contributed by atoms with E-state index in [-0.39, 0.29) is 22.1 Å². The fourth-order valence-corrected chi connectivity index (χ4v) is 6.21. The Bertz CT molecular complexity index is 1720. The Morgan fingerprint density at radius 1 is 1.10 bits per heavy atom. The maximum atomic E-state index is 14.3. The van der Waals surface area contributed by atoms with Crippen molar-refractivity contribution in [3.8, 4) is 11.5 Å². The predicted molar refractivity (Wildman–Crippen MR) is 148 cm³/mol. The van der Waals surface area contributed by atoms with E-state index in [9.17, 15) is 14.4 Å². The molecule has 0 bridgehead atoms. The van der Waals surface area contributed by atoms with Gasteiger partial charge in [0.15, 0.2) is 4.80 Å². The Labute approximate surface area is 229 Å². The molecule has 3 aromatic rings. The quantitative estimate of drug-likeness (QED) is 0.440. The molecule has 202 valence electrons. The van der Waals surface area contributed by atoms with Gasteiger partial charge in [-0.05, 0) is 52.0 Å². The van der Waals surface area contributed by atoms with Crippen LogP contribution in [0.4, 0.5) is 5.69 Å². The van der Waals surface area contributed by atoms with Gasteiger partial charge in [0.25, 0.3) is 11.5 Å². The molecule has 5 rings (SSSR count). The Balaban J connectivity index is 1.86. The highest BCUT2D eigenvalue weighted by Gasteiger charge is 2.38. The van der Waals surface area contributed by atoms with Gasteiger partial charge >= 0.3 is 5.97 Å². The van der Waals surface area contributed by atoms with Gasteiger partial charge in [0, 0.05) is 17.7 Å². The minimum Gasteiger partial charge on any atom is -0.497 e. The van der Waals surface area contributed by atoms with Gasteiger partial charge in [-0.25, -0.2) is 9.79 Å². The second kappa shape index (κ2) is 10.2. The van der Waals surface area contributed by atoms with Crippen molar-refractivity contribution in [2.75, 3.05) is 25.7 Å². The van der Waals surface area contributed by atoms with Crippen molar-refractivity contribution in [3.63, 3.8) is 0 Å². The molecule has 0 N–H and O–H groups in total. The van der Waals surface area contributed by atoms with E-state index in [2.05, 4.69) is 4.99 Å². The van der Waals surface area contributed by atoms with Crippen LogP contribution in [0.25, 0.3) is 5.57 Å². The van der Waals surface area contributed by atoms with Gasteiger partial charge in [0.2, 0.25) is 0 Å². The lowest BCUT2D eigenvalue weighted by Gasteiger charge is -2.26. The smallest absolute Gasteiger partial charge is 0.338 e. The SMILES string of the molecule is CCN1C(=O)/C(=c2\sc3n(c2=O)[C@H](c2cc(OC)ccc2OC)C(C(=O)OC(C)C)=C(C)N=3)c2ccccc21. The van der Waals surface area contributed by atoms with E-state index in [4.69, 9.17) is 14.2 Å². The molecule has 39 heavy (non-hydrogen) atoms. The zero-order chi connectivity index (χ0) is 28.0. The van der Waals surface area contributed by atoms with Crippen molar-refractivity contribution in [1.29, 1.82) is 0 Å². The number of allylic oxidation sites excluding steroid dienone is 1. The number of anilines is 1. The number of likely N-dealkylation sites (N-methyl/N-ethyl adjacent to an activating group) is 1. The lowest BCUT2D eigenvalue weighted by molar-refractivity contribution is -0.143. The summed E-state index contributed by atoms with van der Waals surface area (Å²) < 4.78 is 18.4. The number of thiazole rings is 1. The van der Waals surface area contributed by atoms with Crippen LogP contribution >= 0.6 is 11.3 Å². The highest BCUT2D eigenvalue weighted by molar-refractivity contribution is 7.07. The zero-order valence-corrected chi connectivity index (χ0v) is 23.4. The normalized spacial score (nSPS) is 17.7. The van der Waals surface area contributed by atoms with Crippen LogP contribution in [-0.4, -0.2) is 43.3 Å². The van der Waals surface area contributed by atoms with Crippen LogP contribution in [-0.2, 0) is 14.3 Å². The van der Waals surface area contributed by atoms with Gasteiger partial charge in [-0.2, -0.15) is 0 Å². The van der Waals surface area contributed by atoms with Crippen molar-refractivity contribution >= 4 is 34.5 Å². The number of esters is 1. The van der Waals surface area contributed by atoms with Crippen LogP contribution in [0, 0.1) is 0 Å². The fourth-order valence-electron chi connectivity index (χ4n) is 5.07. The van der Waals surface area contributed by atoms with Gasteiger partial charge in [0.05, 0.1) is 42.9 Å². The summed E-state index contributed by atoms with van der Waals surface area (Å²) in [5.74, 6) is 0.164. The number of ether oxygens (including phenoxy) is 3. The number of methoxy groups -OCH3 is 2. The molecule has 0 aliphatic carbocycles. The third-order valence-corrected chi connectivity index (χ3v) is 7.81. The van der Waals surface area contributed by atoms with Gasteiger partial charge in [-0.15, -0.1) is 0 Å². The van der Waals surface area contributed by atoms with E-state index in [1.165, 1.54) is 18.8 Å². The van der Waals surface area contributed by atoms with Gasteiger partial charge in [0.1, 0.15) is 22.1 Å². The first-order valence-corrected chi connectivity index (χ1v) is 13.4. The molecule has 1 amide bonds. The van der Waals surface area contributed by atoms with Gasteiger partial charge in [-0.3, -0.25) is 14.2 Å². The molecule has 0 fully saturated rings. The van der Waals surface area contributed by atoms with Crippen LogP contribution < -0.4 is 29.3 Å². The molecular weight excluding hydrogens is 518 g/mol. The zero-order valence-electron chi connectivity index (χ0n) is 22.6. The largest absolute Gasteiger partial charge is 0.497 e. The molecule has 2 aromatic carbocycles. The molecule has 1 atom stereocenters. The average molecular weight is 548 g/mol. The summed E-state index contributed by atoms with van der Waals surface area (Å²) in [7, 11) is 3.06. The molecule has 2 aliphatic rings. The first-order chi connectivity index (χ1) is 18.7. The first kappa shape index (κ1) is 26.4. The van der Waals surface area contributed by atoms with Crippen LogP contribution in [0.1, 0.15) is 44.9 Å². The Kier molecular flexibility index (Phi) is 6.90. The Morgan fingerprint density at radius 3 is 2.51 bits per heavy atom. The molecule has 0 unspecified atom stereocenters. The number of carbonyl (C=O) groups excluding carboxylic acids is 2. The van der Waals surface area contributed by atoms with Crippen LogP contribution in [0.2, 0.25) is 0 Å². The van der Waals surface area contributed by atoms with Crippen LogP contribution in [0.5, 0.6) is 11.5 Å². The highest BCUT2D eigenvalue weighted by Crippen LogP contribution is 2.39. The van der Waals surface area contributed by atoms with Gasteiger partial charge < -0.3 is 19.1 Å². The predicted octanol–water partition coefficient (Wildman–Crippen LogP) is 2.94. The molecule has 9 nitrogen and oxygen atoms in total. The molecule has 2 aliphatic heterocycles. The van der Waals surface area contributed by atoms with Crippen molar-refractivity contribution in [2.24, 2.45) is 4.99 Å². The summed E-state index contributed by atoms with van der Waals surface area (Å²) in [5.41, 5.74) is 2.53. The summed E-state index contributed by atoms with van der Waals surface area (Å²) in [6.07, 6.45) is -0.384. The molecular formula is C29H29N3O6S. The first-order valence-electron chi connectivity index (χ1n) is 12.6. The Morgan fingerprint density at radius 2 is 1.85 bits per heavy atom. The summed E-state index contributed by atoms with van der Waals surface area (Å²) in [6.45, 7) is 7.59. The Hall–Kier alpha value is -4.18. The minimum atomic E-state index is -0.916. The molecule has 3 heterocycles. The van der Waals surface area contributed by atoms with Crippen LogP contribution in [0.15, 0.2) is 63.5 Å². The maximum absolute atomic E-state index is 14.3. The second-order valence-electron chi connectivity index (χ2n) is 9.41. The topological polar surface area (TPSA) is 99.4 Å². The summed E-state index contributed by atoms with van der Waals surface area (Å²) in [4.78, 5) is 47.9. The summed E-state index contributed by atoms with van der Waals surface area (Å²) >= 11 is 1.13. The lowest BCUT2D eigenvalue weighted by atomic mass is 9.94. The number of para-hydroxylation sites is 1. The van der Waals surface area contributed by atoms with E-state index in [0.717, 1.165) is 17.0 Å². The van der Waals surface area contributed by atoms with Crippen molar-refractivity contribution in [1.82, 2.24) is 4.57 Å². The molecule has 1 aromatic heterocycles. The minimum absolute atomic E-state index is 0.215. The number of amides is 1. The van der Waals surface area contributed by atoms with E-state index >= 15 is 0 Å². The molecule has 10 heteroatoms. The third-order valence-electron chi connectivity index (χ3n) is 6.76. The van der Waals surface area contributed by atoms with E-state index in [1.54, 1.807) is 43.9 Å². The average Bonchev–Trinajstić information content (AvgIpc) is 3.38. The van der Waals surface area contributed by atoms with Gasteiger partial charge in [-0.1, -0.05) is 29.5 Å². The number of hydrogen-bond acceptors (Lipinski definition) is 8. The number of hydrogen-bond donors (Lipinski definition) is 0. The standard InChI is InChI=1S/C29H29N3O6S/c1-7-31-20-11-9-8-10-18(20)23(26(31)33)25-27(34)32-24(19-14-17(36-5)12-13-21(19)37-6)22(28(35)38-15(2)3)16(4)30-29(32)39-25/h8-15,24H,7H2,1-6H3/b25-23-/t24-/m1/s1. The summed E-state index contributed by atoms with van der Waals surface area (Å²) in [5, 5.41) is 0. The van der Waals surface area contributed by atoms with E-state index in [0.29, 0.717) is 45.2 Å². The highest BCUT2D eigenvalue weighted by atomic mass is 32.1. The maximum Gasteiger partial charge on any atom is 0.338 e. The monoisotopic (exact) mass is 547 g/mol.